The number of nitrogens with zero attached hydrogens (tertiary/aromatic N) is 1. The summed E-state index contributed by atoms with van der Waals surface area (Å²) in [7, 11) is -3.34. The quantitative estimate of drug-likeness (QED) is 0.840. The lowest BCUT2D eigenvalue weighted by atomic mass is 9.94. The topological polar surface area (TPSA) is 37.4 Å². The van der Waals surface area contributed by atoms with Crippen molar-refractivity contribution in [1.29, 1.82) is 0 Å². The van der Waals surface area contributed by atoms with E-state index >= 15 is 0 Å². The Bertz CT molecular complexity index is 487. The second-order valence-electron chi connectivity index (χ2n) is 4.83. The van der Waals surface area contributed by atoms with Gasteiger partial charge in [-0.15, -0.1) is 11.3 Å². The second-order valence-corrected chi connectivity index (χ2v) is 8.71. The van der Waals surface area contributed by atoms with Crippen LogP contribution in [0.3, 0.4) is 0 Å². The van der Waals surface area contributed by atoms with E-state index in [-0.39, 0.29) is 0 Å². The number of sulfonamides is 1. The monoisotopic (exact) mass is 293 g/mol. The van der Waals surface area contributed by atoms with Crippen molar-refractivity contribution in [3.8, 4) is 0 Å². The molecular weight excluding hydrogens is 278 g/mol. The third kappa shape index (κ3) is 2.84. The Labute approximate surface area is 111 Å². The third-order valence-corrected chi connectivity index (χ3v) is 6.51. The summed E-state index contributed by atoms with van der Waals surface area (Å²) in [5.74, 6) is 0.841. The zero-order valence-corrected chi connectivity index (χ0v) is 12.3. The molecule has 1 aromatic rings. The van der Waals surface area contributed by atoms with Crippen LogP contribution in [-0.2, 0) is 10.0 Å². The Morgan fingerprint density at radius 1 is 1.29 bits per heavy atom. The summed E-state index contributed by atoms with van der Waals surface area (Å²) in [5.41, 5.74) is 0. The molecule has 0 aliphatic carbocycles. The summed E-state index contributed by atoms with van der Waals surface area (Å²) in [6.07, 6.45) is 1.09. The van der Waals surface area contributed by atoms with Gasteiger partial charge in [0.1, 0.15) is 4.21 Å². The average Bonchev–Trinajstić information content (AvgIpc) is 2.64. The molecule has 1 aliphatic heterocycles. The van der Waals surface area contributed by atoms with E-state index in [0.29, 0.717) is 33.5 Å². The molecule has 2 rings (SSSR count). The van der Waals surface area contributed by atoms with Crippen molar-refractivity contribution < 1.29 is 8.42 Å². The van der Waals surface area contributed by atoms with Gasteiger partial charge in [0.15, 0.2) is 0 Å². The number of hydrogen-bond acceptors (Lipinski definition) is 3. The van der Waals surface area contributed by atoms with Crippen molar-refractivity contribution in [2.75, 3.05) is 13.1 Å². The van der Waals surface area contributed by atoms with Crippen LogP contribution >= 0.6 is 22.9 Å². The summed E-state index contributed by atoms with van der Waals surface area (Å²) in [4.78, 5) is 0. The smallest absolute Gasteiger partial charge is 0.206 e. The number of thiophene rings is 1. The molecule has 2 atom stereocenters. The van der Waals surface area contributed by atoms with E-state index in [1.54, 1.807) is 16.4 Å². The molecule has 0 bridgehead atoms. The first-order valence-corrected chi connectivity index (χ1v) is 8.28. The number of piperidine rings is 1. The van der Waals surface area contributed by atoms with Gasteiger partial charge in [-0.25, -0.2) is 8.42 Å². The fraction of sp³-hybridized carbons (Fsp3) is 0.636. The predicted octanol–water partition coefficient (Wildman–Crippen LogP) is 3.07. The van der Waals surface area contributed by atoms with E-state index in [1.165, 1.54) is 0 Å². The standard InChI is InChI=1S/C11H16ClNO2S2/c1-8-5-9(2)7-13(6-8)17(14,15)11-4-3-10(12)16-11/h3-4,8-9H,5-7H2,1-2H3/t8-,9-/m0/s1. The van der Waals surface area contributed by atoms with Gasteiger partial charge < -0.3 is 0 Å². The third-order valence-electron chi connectivity index (χ3n) is 2.98. The molecule has 0 radical (unpaired) electrons. The average molecular weight is 294 g/mol. The van der Waals surface area contributed by atoms with Crippen molar-refractivity contribution in [2.45, 2.75) is 24.5 Å². The van der Waals surface area contributed by atoms with Crippen LogP contribution < -0.4 is 0 Å². The van der Waals surface area contributed by atoms with E-state index < -0.39 is 10.0 Å². The van der Waals surface area contributed by atoms with Crippen molar-refractivity contribution in [1.82, 2.24) is 4.31 Å². The Morgan fingerprint density at radius 2 is 1.88 bits per heavy atom. The first kappa shape index (κ1) is 13.3. The number of hydrogen-bond donors (Lipinski definition) is 0. The van der Waals surface area contributed by atoms with Gasteiger partial charge in [0.2, 0.25) is 0 Å². The number of halogens is 1. The summed E-state index contributed by atoms with van der Waals surface area (Å²) >= 11 is 6.92. The highest BCUT2D eigenvalue weighted by atomic mass is 35.5. The van der Waals surface area contributed by atoms with Gasteiger partial charge in [-0.1, -0.05) is 25.4 Å². The molecule has 0 aromatic carbocycles. The van der Waals surface area contributed by atoms with Gasteiger partial charge in [-0.2, -0.15) is 4.31 Å². The maximum atomic E-state index is 12.4. The van der Waals surface area contributed by atoms with Crippen LogP contribution in [0.2, 0.25) is 4.34 Å². The molecule has 1 saturated heterocycles. The van der Waals surface area contributed by atoms with Crippen LogP contribution in [0, 0.1) is 11.8 Å². The largest absolute Gasteiger partial charge is 0.252 e. The van der Waals surface area contributed by atoms with Gasteiger partial charge in [0, 0.05) is 13.1 Å². The van der Waals surface area contributed by atoms with Gasteiger partial charge in [0.25, 0.3) is 10.0 Å². The Morgan fingerprint density at radius 3 is 2.35 bits per heavy atom. The van der Waals surface area contributed by atoms with Crippen LogP contribution in [0.5, 0.6) is 0 Å². The second kappa shape index (κ2) is 4.88. The Balaban J connectivity index is 2.26. The van der Waals surface area contributed by atoms with E-state index in [2.05, 4.69) is 13.8 Å². The summed E-state index contributed by atoms with van der Waals surface area (Å²) in [6, 6.07) is 3.22. The highest BCUT2D eigenvalue weighted by Crippen LogP contribution is 2.31. The number of rotatable bonds is 2. The Kier molecular flexibility index (Phi) is 3.83. The van der Waals surface area contributed by atoms with Crippen LogP contribution in [0.1, 0.15) is 20.3 Å². The molecule has 1 aliphatic rings. The normalized spacial score (nSPS) is 27.2. The molecule has 96 valence electrons. The fourth-order valence-electron chi connectivity index (χ4n) is 2.37. The zero-order valence-electron chi connectivity index (χ0n) is 9.89. The van der Waals surface area contributed by atoms with E-state index in [1.807, 2.05) is 0 Å². The minimum absolute atomic E-state index is 0.351. The highest BCUT2D eigenvalue weighted by Gasteiger charge is 2.32. The van der Waals surface area contributed by atoms with E-state index in [4.69, 9.17) is 11.6 Å². The molecule has 6 heteroatoms. The van der Waals surface area contributed by atoms with Gasteiger partial charge in [0.05, 0.1) is 4.34 Å². The molecule has 0 saturated carbocycles. The molecule has 1 aromatic heterocycles. The molecule has 2 heterocycles. The van der Waals surface area contributed by atoms with Crippen molar-refractivity contribution >= 4 is 33.0 Å². The maximum Gasteiger partial charge on any atom is 0.252 e. The first-order valence-electron chi connectivity index (χ1n) is 5.65. The minimum atomic E-state index is -3.34. The fourth-order valence-corrected chi connectivity index (χ4v) is 5.68. The SMILES string of the molecule is C[C@H]1C[C@H](C)CN(S(=O)(=O)c2ccc(Cl)s2)C1. The lowest BCUT2D eigenvalue weighted by Crippen LogP contribution is -2.42. The van der Waals surface area contributed by atoms with Crippen LogP contribution in [0.4, 0.5) is 0 Å². The van der Waals surface area contributed by atoms with Crippen LogP contribution in [0.25, 0.3) is 0 Å². The minimum Gasteiger partial charge on any atom is -0.206 e. The van der Waals surface area contributed by atoms with Crippen LogP contribution in [-0.4, -0.2) is 25.8 Å². The first-order chi connectivity index (χ1) is 7.89. The summed E-state index contributed by atoms with van der Waals surface area (Å²) < 4.78 is 27.2. The summed E-state index contributed by atoms with van der Waals surface area (Å²) in [5, 5.41) is 0. The van der Waals surface area contributed by atoms with Crippen molar-refractivity contribution in [3.63, 3.8) is 0 Å². The van der Waals surface area contributed by atoms with Gasteiger partial charge in [-0.3, -0.25) is 0 Å². The lowest BCUT2D eigenvalue weighted by molar-refractivity contribution is 0.223. The molecule has 1 fully saturated rings. The molecule has 17 heavy (non-hydrogen) atoms. The predicted molar refractivity (Wildman–Crippen MR) is 71.0 cm³/mol. The molecule has 0 unspecified atom stereocenters. The maximum absolute atomic E-state index is 12.4. The lowest BCUT2D eigenvalue weighted by Gasteiger charge is -2.33. The van der Waals surface area contributed by atoms with E-state index in [9.17, 15) is 8.42 Å². The Hall–Kier alpha value is -0.100. The van der Waals surface area contributed by atoms with Crippen molar-refractivity contribution in [3.05, 3.63) is 16.5 Å². The van der Waals surface area contributed by atoms with E-state index in [0.717, 1.165) is 17.8 Å². The van der Waals surface area contributed by atoms with Crippen molar-refractivity contribution in [2.24, 2.45) is 11.8 Å². The van der Waals surface area contributed by atoms with Gasteiger partial charge >= 0.3 is 0 Å². The highest BCUT2D eigenvalue weighted by molar-refractivity contribution is 7.91. The molecule has 3 nitrogen and oxygen atoms in total. The van der Waals surface area contributed by atoms with Gasteiger partial charge in [-0.05, 0) is 30.4 Å². The summed E-state index contributed by atoms with van der Waals surface area (Å²) in [6.45, 7) is 5.42. The molecular formula is C11H16ClNO2S2. The molecule has 0 amide bonds. The zero-order chi connectivity index (χ0) is 12.6. The molecule has 0 spiro atoms. The van der Waals surface area contributed by atoms with Crippen LogP contribution in [0.15, 0.2) is 16.3 Å². The molecule has 0 N–H and O–H groups in total.